The first-order chi connectivity index (χ1) is 6.84. The smallest absolute Gasteiger partial charge is 0.0482 e. The average Bonchev–Trinajstić information content (AvgIpc) is 2.23. The van der Waals surface area contributed by atoms with Crippen molar-refractivity contribution in [2.75, 3.05) is 11.1 Å². The van der Waals surface area contributed by atoms with Crippen molar-refractivity contribution < 1.29 is 0 Å². The summed E-state index contributed by atoms with van der Waals surface area (Å²) in [5.74, 6) is 0. The molecule has 0 fully saturated rings. The zero-order valence-electron chi connectivity index (χ0n) is 7.98. The third kappa shape index (κ3) is 2.16. The minimum Gasteiger partial charge on any atom is -0.399 e. The third-order valence-corrected chi connectivity index (χ3v) is 2.24. The zero-order valence-corrected chi connectivity index (χ0v) is 7.98. The maximum absolute atomic E-state index is 5.61. The van der Waals surface area contributed by atoms with E-state index in [0.29, 0.717) is 6.04 Å². The summed E-state index contributed by atoms with van der Waals surface area (Å²) in [6, 6.07) is 8.22. The molecule has 2 nitrogen and oxygen atoms in total. The maximum Gasteiger partial charge on any atom is 0.0482 e. The maximum atomic E-state index is 5.61. The van der Waals surface area contributed by atoms with Crippen LogP contribution < -0.4 is 11.1 Å². The van der Waals surface area contributed by atoms with E-state index >= 15 is 0 Å². The number of nitrogens with two attached hydrogens (primary N) is 1. The van der Waals surface area contributed by atoms with Gasteiger partial charge in [0.15, 0.2) is 0 Å². The Morgan fingerprint density at radius 3 is 2.57 bits per heavy atom. The van der Waals surface area contributed by atoms with Gasteiger partial charge in [-0.2, -0.15) is 0 Å². The van der Waals surface area contributed by atoms with Crippen molar-refractivity contribution >= 4 is 11.4 Å². The van der Waals surface area contributed by atoms with Gasteiger partial charge in [-0.05, 0) is 30.7 Å². The highest BCUT2D eigenvalue weighted by Gasteiger charge is 2.03. The number of nitrogen functional groups attached to an aromatic ring is 1. The Morgan fingerprint density at radius 1 is 1.14 bits per heavy atom. The molecule has 0 saturated heterocycles. The number of rotatable bonds is 2. The van der Waals surface area contributed by atoms with E-state index < -0.39 is 0 Å². The molecule has 72 valence electrons. The van der Waals surface area contributed by atoms with Crippen LogP contribution in [0.4, 0.5) is 11.4 Å². The van der Waals surface area contributed by atoms with Gasteiger partial charge >= 0.3 is 0 Å². The van der Waals surface area contributed by atoms with Gasteiger partial charge in [-0.3, -0.25) is 0 Å². The lowest BCUT2D eigenvalue weighted by Gasteiger charge is -2.16. The van der Waals surface area contributed by atoms with E-state index in [0.717, 1.165) is 17.8 Å². The Hall–Kier alpha value is -1.70. The van der Waals surface area contributed by atoms with Gasteiger partial charge < -0.3 is 11.1 Å². The highest BCUT2D eigenvalue weighted by atomic mass is 14.9. The molecular weight excluding hydrogens is 172 g/mol. The van der Waals surface area contributed by atoms with Crippen molar-refractivity contribution in [3.8, 4) is 0 Å². The van der Waals surface area contributed by atoms with Gasteiger partial charge in [0.2, 0.25) is 0 Å². The number of allylic oxidation sites excluding steroid dienone is 2. The van der Waals surface area contributed by atoms with Crippen molar-refractivity contribution in [2.45, 2.75) is 12.5 Å². The number of hydrogen-bond donors (Lipinski definition) is 2. The summed E-state index contributed by atoms with van der Waals surface area (Å²) in [7, 11) is 0. The van der Waals surface area contributed by atoms with Crippen molar-refractivity contribution in [3.63, 3.8) is 0 Å². The van der Waals surface area contributed by atoms with E-state index in [1.54, 1.807) is 0 Å². The highest BCUT2D eigenvalue weighted by molar-refractivity contribution is 5.52. The van der Waals surface area contributed by atoms with Gasteiger partial charge in [0.1, 0.15) is 0 Å². The molecule has 1 atom stereocenters. The van der Waals surface area contributed by atoms with E-state index in [9.17, 15) is 0 Å². The predicted octanol–water partition coefficient (Wildman–Crippen LogP) is 2.57. The van der Waals surface area contributed by atoms with E-state index in [-0.39, 0.29) is 0 Å². The standard InChI is InChI=1S/C12H14N2/c13-10-6-8-12(9-7-10)14-11-4-2-1-3-5-11/h1-4,6-9,11,14H,5,13H2. The van der Waals surface area contributed by atoms with Crippen LogP contribution in [0.1, 0.15) is 6.42 Å². The molecule has 1 aromatic carbocycles. The lowest BCUT2D eigenvalue weighted by atomic mass is 10.1. The Kier molecular flexibility index (Phi) is 2.54. The van der Waals surface area contributed by atoms with Crippen LogP contribution in [-0.2, 0) is 0 Å². The van der Waals surface area contributed by atoms with Crippen LogP contribution in [0.5, 0.6) is 0 Å². The van der Waals surface area contributed by atoms with Gasteiger partial charge in [-0.25, -0.2) is 0 Å². The SMILES string of the molecule is Nc1ccc(NC2C=CC=CC2)cc1. The first kappa shape index (κ1) is 8.88. The minimum absolute atomic E-state index is 0.406. The van der Waals surface area contributed by atoms with Gasteiger partial charge in [0.05, 0.1) is 0 Å². The van der Waals surface area contributed by atoms with Crippen molar-refractivity contribution in [1.29, 1.82) is 0 Å². The summed E-state index contributed by atoms with van der Waals surface area (Å²) in [5, 5.41) is 3.41. The van der Waals surface area contributed by atoms with E-state index in [1.807, 2.05) is 24.3 Å². The molecule has 1 aromatic rings. The van der Waals surface area contributed by atoms with Gasteiger partial charge in [0, 0.05) is 17.4 Å². The normalized spacial score (nSPS) is 19.6. The first-order valence-corrected chi connectivity index (χ1v) is 4.80. The quantitative estimate of drug-likeness (QED) is 0.697. The van der Waals surface area contributed by atoms with Crippen LogP contribution in [0.15, 0.2) is 48.6 Å². The van der Waals surface area contributed by atoms with Crippen LogP contribution in [0.25, 0.3) is 0 Å². The fraction of sp³-hybridized carbons (Fsp3) is 0.167. The molecule has 2 heteroatoms. The second kappa shape index (κ2) is 4.01. The Bertz CT molecular complexity index is 349. The number of nitrogens with one attached hydrogen (secondary N) is 1. The van der Waals surface area contributed by atoms with Crippen LogP contribution >= 0.6 is 0 Å². The molecule has 0 bridgehead atoms. The molecule has 0 radical (unpaired) electrons. The summed E-state index contributed by atoms with van der Waals surface area (Å²) in [4.78, 5) is 0. The van der Waals surface area contributed by atoms with Crippen LogP contribution in [0.3, 0.4) is 0 Å². The molecule has 0 saturated carbocycles. The predicted molar refractivity (Wildman–Crippen MR) is 61.2 cm³/mol. The largest absolute Gasteiger partial charge is 0.399 e. The topological polar surface area (TPSA) is 38.0 Å². The molecule has 0 amide bonds. The fourth-order valence-corrected chi connectivity index (χ4v) is 1.48. The number of anilines is 2. The van der Waals surface area contributed by atoms with Crippen LogP contribution in [0, 0.1) is 0 Å². The monoisotopic (exact) mass is 186 g/mol. The Morgan fingerprint density at radius 2 is 1.93 bits per heavy atom. The molecule has 1 unspecified atom stereocenters. The molecule has 2 rings (SSSR count). The van der Waals surface area contributed by atoms with Gasteiger partial charge in [-0.1, -0.05) is 24.3 Å². The fourth-order valence-electron chi connectivity index (χ4n) is 1.48. The highest BCUT2D eigenvalue weighted by Crippen LogP contribution is 2.14. The molecule has 0 heterocycles. The molecular formula is C12H14N2. The van der Waals surface area contributed by atoms with E-state index in [4.69, 9.17) is 5.73 Å². The van der Waals surface area contributed by atoms with Crippen molar-refractivity contribution in [1.82, 2.24) is 0 Å². The van der Waals surface area contributed by atoms with Gasteiger partial charge in [0.25, 0.3) is 0 Å². The van der Waals surface area contributed by atoms with Crippen molar-refractivity contribution in [3.05, 3.63) is 48.6 Å². The summed E-state index contributed by atoms with van der Waals surface area (Å²) in [6.07, 6.45) is 9.51. The molecule has 0 spiro atoms. The molecule has 0 aliphatic heterocycles. The van der Waals surface area contributed by atoms with Crippen LogP contribution in [-0.4, -0.2) is 6.04 Å². The molecule has 0 aromatic heterocycles. The lowest BCUT2D eigenvalue weighted by Crippen LogP contribution is -2.16. The lowest BCUT2D eigenvalue weighted by molar-refractivity contribution is 0.883. The summed E-state index contributed by atoms with van der Waals surface area (Å²) in [6.45, 7) is 0. The van der Waals surface area contributed by atoms with Crippen LogP contribution in [0.2, 0.25) is 0 Å². The summed E-state index contributed by atoms with van der Waals surface area (Å²) in [5.41, 5.74) is 7.52. The second-order valence-electron chi connectivity index (χ2n) is 3.42. The first-order valence-electron chi connectivity index (χ1n) is 4.80. The molecule has 1 aliphatic rings. The second-order valence-corrected chi connectivity index (χ2v) is 3.42. The molecule has 3 N–H and O–H groups in total. The van der Waals surface area contributed by atoms with Crippen molar-refractivity contribution in [2.24, 2.45) is 0 Å². The summed E-state index contributed by atoms with van der Waals surface area (Å²) < 4.78 is 0. The molecule has 1 aliphatic carbocycles. The number of hydrogen-bond acceptors (Lipinski definition) is 2. The average molecular weight is 186 g/mol. The third-order valence-electron chi connectivity index (χ3n) is 2.24. The van der Waals surface area contributed by atoms with E-state index in [1.165, 1.54) is 0 Å². The van der Waals surface area contributed by atoms with Gasteiger partial charge in [-0.15, -0.1) is 0 Å². The number of benzene rings is 1. The Balaban J connectivity index is 2.00. The Labute approximate surface area is 84.1 Å². The molecule has 14 heavy (non-hydrogen) atoms. The van der Waals surface area contributed by atoms with E-state index in [2.05, 4.69) is 29.6 Å². The zero-order chi connectivity index (χ0) is 9.80. The summed E-state index contributed by atoms with van der Waals surface area (Å²) >= 11 is 0. The minimum atomic E-state index is 0.406.